The number of likely N-dealkylation sites (tertiary alicyclic amines) is 1. The number of nitrogens with two attached hydrogens (primary N) is 1. The Hall–Kier alpha value is -1.56. The van der Waals surface area contributed by atoms with E-state index >= 15 is 0 Å². The van der Waals surface area contributed by atoms with Gasteiger partial charge in [-0.25, -0.2) is 0 Å². The number of rotatable bonds is 5. The Labute approximate surface area is 134 Å². The molecule has 1 aromatic carbocycles. The number of carbonyl (C=O) groups is 1. The number of piperidine rings is 1. The summed E-state index contributed by atoms with van der Waals surface area (Å²) in [5, 5.41) is 0. The maximum Gasteiger partial charge on any atom is 0.416 e. The SMILES string of the molecule is CCCC1(C(N)=O)CCN(Cc2ccc(C(F)(F)F)cc2)CC1. The summed E-state index contributed by atoms with van der Waals surface area (Å²) >= 11 is 0. The molecular formula is C17H23F3N2O. The van der Waals surface area contributed by atoms with E-state index in [0.717, 1.165) is 56.5 Å². The van der Waals surface area contributed by atoms with E-state index in [4.69, 9.17) is 5.73 Å². The van der Waals surface area contributed by atoms with Gasteiger partial charge in [-0.05, 0) is 50.0 Å². The first-order chi connectivity index (χ1) is 10.8. The van der Waals surface area contributed by atoms with Crippen LogP contribution in [-0.2, 0) is 17.5 Å². The van der Waals surface area contributed by atoms with Gasteiger partial charge in [-0.1, -0.05) is 25.5 Å². The zero-order chi connectivity index (χ0) is 17.1. The van der Waals surface area contributed by atoms with Crippen LogP contribution < -0.4 is 5.73 Å². The fraction of sp³-hybridized carbons (Fsp3) is 0.588. The van der Waals surface area contributed by atoms with Crippen molar-refractivity contribution in [2.45, 2.75) is 45.3 Å². The van der Waals surface area contributed by atoms with Gasteiger partial charge in [0.2, 0.25) is 5.91 Å². The maximum absolute atomic E-state index is 12.6. The van der Waals surface area contributed by atoms with Gasteiger partial charge >= 0.3 is 6.18 Å². The van der Waals surface area contributed by atoms with E-state index < -0.39 is 17.2 Å². The van der Waals surface area contributed by atoms with Crippen LogP contribution in [0, 0.1) is 5.41 Å². The second-order valence-electron chi connectivity index (χ2n) is 6.37. The minimum atomic E-state index is -4.30. The molecule has 0 aromatic heterocycles. The minimum Gasteiger partial charge on any atom is -0.369 e. The van der Waals surface area contributed by atoms with Crippen LogP contribution in [0.2, 0.25) is 0 Å². The summed E-state index contributed by atoms with van der Waals surface area (Å²) < 4.78 is 37.7. The zero-order valence-corrected chi connectivity index (χ0v) is 13.3. The summed E-state index contributed by atoms with van der Waals surface area (Å²) in [4.78, 5) is 13.9. The second-order valence-corrected chi connectivity index (χ2v) is 6.37. The highest BCUT2D eigenvalue weighted by atomic mass is 19.4. The lowest BCUT2D eigenvalue weighted by Crippen LogP contribution is -2.46. The highest BCUT2D eigenvalue weighted by Gasteiger charge is 2.38. The number of nitrogens with zero attached hydrogens (tertiary/aromatic N) is 1. The summed E-state index contributed by atoms with van der Waals surface area (Å²) in [7, 11) is 0. The number of alkyl halides is 3. The first-order valence-electron chi connectivity index (χ1n) is 7.95. The zero-order valence-electron chi connectivity index (χ0n) is 13.3. The lowest BCUT2D eigenvalue weighted by Gasteiger charge is -2.39. The van der Waals surface area contributed by atoms with Gasteiger partial charge in [-0.3, -0.25) is 9.69 Å². The fourth-order valence-electron chi connectivity index (χ4n) is 3.29. The molecule has 0 spiro atoms. The highest BCUT2D eigenvalue weighted by molar-refractivity contribution is 5.80. The van der Waals surface area contributed by atoms with Gasteiger partial charge in [0.05, 0.1) is 11.0 Å². The number of halogens is 3. The van der Waals surface area contributed by atoms with Crippen LogP contribution in [0.4, 0.5) is 13.2 Å². The fourth-order valence-corrected chi connectivity index (χ4v) is 3.29. The van der Waals surface area contributed by atoms with Gasteiger partial charge in [0.1, 0.15) is 0 Å². The van der Waals surface area contributed by atoms with E-state index in [1.807, 2.05) is 6.92 Å². The van der Waals surface area contributed by atoms with Gasteiger partial charge < -0.3 is 5.73 Å². The van der Waals surface area contributed by atoms with Gasteiger partial charge in [0.25, 0.3) is 0 Å². The molecule has 1 fully saturated rings. The summed E-state index contributed by atoms with van der Waals surface area (Å²) in [6.45, 7) is 4.12. The summed E-state index contributed by atoms with van der Waals surface area (Å²) in [5.74, 6) is -0.228. The van der Waals surface area contributed by atoms with Crippen LogP contribution in [0.25, 0.3) is 0 Å². The van der Waals surface area contributed by atoms with Crippen LogP contribution in [-0.4, -0.2) is 23.9 Å². The molecule has 0 saturated carbocycles. The maximum atomic E-state index is 12.6. The van der Waals surface area contributed by atoms with Crippen molar-refractivity contribution in [1.82, 2.24) is 4.90 Å². The molecule has 128 valence electrons. The predicted molar refractivity (Wildman–Crippen MR) is 82.5 cm³/mol. The molecule has 0 unspecified atom stereocenters. The molecule has 1 aliphatic heterocycles. The normalized spacial score (nSPS) is 18.8. The summed E-state index contributed by atoms with van der Waals surface area (Å²) in [5.41, 5.74) is 5.39. The predicted octanol–water partition coefficient (Wildman–Crippen LogP) is 3.57. The third-order valence-corrected chi connectivity index (χ3v) is 4.75. The molecule has 1 aromatic rings. The molecule has 1 amide bonds. The molecule has 2 N–H and O–H groups in total. The van der Waals surface area contributed by atoms with Crippen LogP contribution in [0.1, 0.15) is 43.7 Å². The van der Waals surface area contributed by atoms with E-state index in [2.05, 4.69) is 4.90 Å². The number of hydrogen-bond donors (Lipinski definition) is 1. The second kappa shape index (κ2) is 6.91. The molecule has 0 radical (unpaired) electrons. The van der Waals surface area contributed by atoms with Crippen molar-refractivity contribution in [2.75, 3.05) is 13.1 Å². The Balaban J connectivity index is 1.95. The largest absolute Gasteiger partial charge is 0.416 e. The van der Waals surface area contributed by atoms with E-state index in [0.29, 0.717) is 6.54 Å². The van der Waals surface area contributed by atoms with E-state index in [9.17, 15) is 18.0 Å². The van der Waals surface area contributed by atoms with Crippen molar-refractivity contribution in [2.24, 2.45) is 11.1 Å². The van der Waals surface area contributed by atoms with Crippen LogP contribution in [0.5, 0.6) is 0 Å². The van der Waals surface area contributed by atoms with E-state index in [1.54, 1.807) is 0 Å². The first-order valence-corrected chi connectivity index (χ1v) is 7.95. The number of carbonyl (C=O) groups excluding carboxylic acids is 1. The topological polar surface area (TPSA) is 46.3 Å². The highest BCUT2D eigenvalue weighted by Crippen LogP contribution is 2.36. The minimum absolute atomic E-state index is 0.228. The average Bonchev–Trinajstić information content (AvgIpc) is 2.49. The van der Waals surface area contributed by atoms with Crippen LogP contribution in [0.15, 0.2) is 24.3 Å². The van der Waals surface area contributed by atoms with Crippen molar-refractivity contribution in [3.8, 4) is 0 Å². The quantitative estimate of drug-likeness (QED) is 0.898. The van der Waals surface area contributed by atoms with Crippen LogP contribution >= 0.6 is 0 Å². The summed E-state index contributed by atoms with van der Waals surface area (Å²) in [6.07, 6.45) is -1.14. The molecule has 1 saturated heterocycles. The van der Waals surface area contributed by atoms with Crippen molar-refractivity contribution in [3.63, 3.8) is 0 Å². The standard InChI is InChI=1S/C17H23F3N2O/c1-2-7-16(15(21)23)8-10-22(11-9-16)12-13-3-5-14(6-4-13)17(18,19)20/h3-6H,2,7-12H2,1H3,(H2,21,23). The Bertz CT molecular complexity index is 532. The summed E-state index contributed by atoms with van der Waals surface area (Å²) in [6, 6.07) is 5.27. The number of amides is 1. The molecule has 1 heterocycles. The Morgan fingerprint density at radius 2 is 1.78 bits per heavy atom. The monoisotopic (exact) mass is 328 g/mol. The van der Waals surface area contributed by atoms with Crippen molar-refractivity contribution < 1.29 is 18.0 Å². The molecule has 6 heteroatoms. The van der Waals surface area contributed by atoms with E-state index in [1.165, 1.54) is 12.1 Å². The molecule has 1 aliphatic rings. The van der Waals surface area contributed by atoms with Gasteiger partial charge in [0, 0.05) is 6.54 Å². The molecule has 0 atom stereocenters. The molecule has 0 aliphatic carbocycles. The first kappa shape index (κ1) is 17.8. The molecule has 0 bridgehead atoms. The number of hydrogen-bond acceptors (Lipinski definition) is 2. The molecular weight excluding hydrogens is 305 g/mol. The van der Waals surface area contributed by atoms with Crippen LogP contribution in [0.3, 0.4) is 0 Å². The molecule has 2 rings (SSSR count). The lowest BCUT2D eigenvalue weighted by molar-refractivity contribution is -0.137. The molecule has 3 nitrogen and oxygen atoms in total. The van der Waals surface area contributed by atoms with Gasteiger partial charge in [0.15, 0.2) is 0 Å². The average molecular weight is 328 g/mol. The number of primary amides is 1. The Morgan fingerprint density at radius 3 is 2.22 bits per heavy atom. The third-order valence-electron chi connectivity index (χ3n) is 4.75. The Morgan fingerprint density at radius 1 is 1.22 bits per heavy atom. The smallest absolute Gasteiger partial charge is 0.369 e. The number of benzene rings is 1. The molecule has 23 heavy (non-hydrogen) atoms. The van der Waals surface area contributed by atoms with Gasteiger partial charge in [-0.15, -0.1) is 0 Å². The third kappa shape index (κ3) is 4.25. The van der Waals surface area contributed by atoms with Gasteiger partial charge in [-0.2, -0.15) is 13.2 Å². The Kier molecular flexibility index (Phi) is 5.34. The van der Waals surface area contributed by atoms with Crippen molar-refractivity contribution >= 4 is 5.91 Å². The van der Waals surface area contributed by atoms with Crippen molar-refractivity contribution in [3.05, 3.63) is 35.4 Å². The lowest BCUT2D eigenvalue weighted by atomic mass is 9.74. The van der Waals surface area contributed by atoms with E-state index in [-0.39, 0.29) is 5.91 Å². The van der Waals surface area contributed by atoms with Crippen molar-refractivity contribution in [1.29, 1.82) is 0 Å².